The van der Waals surface area contributed by atoms with Crippen LogP contribution >= 0.6 is 0 Å². The van der Waals surface area contributed by atoms with Crippen LogP contribution in [-0.2, 0) is 6.54 Å². The predicted octanol–water partition coefficient (Wildman–Crippen LogP) is 3.50. The maximum Gasteiger partial charge on any atom is 0.251 e. The molecule has 4 heteroatoms. The Morgan fingerprint density at radius 1 is 1.14 bits per heavy atom. The van der Waals surface area contributed by atoms with E-state index in [4.69, 9.17) is 0 Å². The Morgan fingerprint density at radius 2 is 1.86 bits per heavy atom. The smallest absolute Gasteiger partial charge is 0.251 e. The lowest BCUT2D eigenvalue weighted by atomic mass is 10.1. The second-order valence-electron chi connectivity index (χ2n) is 4.86. The van der Waals surface area contributed by atoms with Crippen molar-refractivity contribution >= 4 is 11.6 Å². The zero-order chi connectivity index (χ0) is 15.2. The minimum absolute atomic E-state index is 0.0787. The fraction of sp³-hybridized carbons (Fsp3) is 0.235. The first-order valence-corrected chi connectivity index (χ1v) is 6.97. The number of halogens is 1. The molecule has 0 aromatic heterocycles. The van der Waals surface area contributed by atoms with Crippen molar-refractivity contribution in [1.29, 1.82) is 0 Å². The van der Waals surface area contributed by atoms with E-state index in [-0.39, 0.29) is 11.7 Å². The molecule has 0 atom stereocenters. The molecule has 0 radical (unpaired) electrons. The highest BCUT2D eigenvalue weighted by atomic mass is 19.1. The van der Waals surface area contributed by atoms with Crippen molar-refractivity contribution in [3.8, 4) is 0 Å². The number of hydrogen-bond donors (Lipinski definition) is 2. The number of hydrogen-bond acceptors (Lipinski definition) is 2. The SMILES string of the molecule is CCNC(=O)c1ccc(NCc2cc(F)ccc2C)cc1. The molecule has 0 bridgehead atoms. The van der Waals surface area contributed by atoms with Gasteiger partial charge in [-0.15, -0.1) is 0 Å². The van der Waals surface area contributed by atoms with E-state index in [0.29, 0.717) is 18.7 Å². The monoisotopic (exact) mass is 286 g/mol. The molecule has 2 N–H and O–H groups in total. The van der Waals surface area contributed by atoms with Gasteiger partial charge in [0.2, 0.25) is 0 Å². The summed E-state index contributed by atoms with van der Waals surface area (Å²) >= 11 is 0. The molecule has 0 aliphatic heterocycles. The average molecular weight is 286 g/mol. The summed E-state index contributed by atoms with van der Waals surface area (Å²) in [6.45, 7) is 4.99. The number of amides is 1. The summed E-state index contributed by atoms with van der Waals surface area (Å²) in [7, 11) is 0. The Bertz CT molecular complexity index is 623. The van der Waals surface area contributed by atoms with E-state index in [0.717, 1.165) is 16.8 Å². The van der Waals surface area contributed by atoms with Crippen LogP contribution in [-0.4, -0.2) is 12.5 Å². The fourth-order valence-corrected chi connectivity index (χ4v) is 2.03. The maximum atomic E-state index is 13.2. The van der Waals surface area contributed by atoms with Gasteiger partial charge >= 0.3 is 0 Å². The summed E-state index contributed by atoms with van der Waals surface area (Å²) < 4.78 is 13.2. The first-order chi connectivity index (χ1) is 10.1. The summed E-state index contributed by atoms with van der Waals surface area (Å²) in [6, 6.07) is 12.0. The lowest BCUT2D eigenvalue weighted by Crippen LogP contribution is -2.22. The molecule has 0 saturated carbocycles. The van der Waals surface area contributed by atoms with E-state index in [9.17, 15) is 9.18 Å². The van der Waals surface area contributed by atoms with Crippen LogP contribution < -0.4 is 10.6 Å². The van der Waals surface area contributed by atoms with Crippen LogP contribution in [0.5, 0.6) is 0 Å². The molecule has 0 aliphatic carbocycles. The lowest BCUT2D eigenvalue weighted by molar-refractivity contribution is 0.0956. The molecule has 110 valence electrons. The van der Waals surface area contributed by atoms with Crippen molar-refractivity contribution in [2.75, 3.05) is 11.9 Å². The van der Waals surface area contributed by atoms with Gasteiger partial charge in [0, 0.05) is 24.3 Å². The molecule has 2 rings (SSSR count). The average Bonchev–Trinajstić information content (AvgIpc) is 2.49. The summed E-state index contributed by atoms with van der Waals surface area (Å²) in [4.78, 5) is 11.6. The van der Waals surface area contributed by atoms with Gasteiger partial charge in [0.15, 0.2) is 0 Å². The summed E-state index contributed by atoms with van der Waals surface area (Å²) in [5.74, 6) is -0.311. The van der Waals surface area contributed by atoms with Gasteiger partial charge in [-0.05, 0) is 61.4 Å². The van der Waals surface area contributed by atoms with E-state index < -0.39 is 0 Å². The van der Waals surface area contributed by atoms with Crippen molar-refractivity contribution in [2.45, 2.75) is 20.4 Å². The Morgan fingerprint density at radius 3 is 2.52 bits per heavy atom. The minimum Gasteiger partial charge on any atom is -0.381 e. The topological polar surface area (TPSA) is 41.1 Å². The lowest BCUT2D eigenvalue weighted by Gasteiger charge is -2.10. The second-order valence-corrected chi connectivity index (χ2v) is 4.86. The number of carbonyl (C=O) groups excluding carboxylic acids is 1. The fourth-order valence-electron chi connectivity index (χ4n) is 2.03. The standard InChI is InChI=1S/C17H19FN2O/c1-3-19-17(21)13-5-8-16(9-6-13)20-11-14-10-15(18)7-4-12(14)2/h4-10,20H,3,11H2,1-2H3,(H,19,21). The highest BCUT2D eigenvalue weighted by Crippen LogP contribution is 2.14. The maximum absolute atomic E-state index is 13.2. The second kappa shape index (κ2) is 6.88. The van der Waals surface area contributed by atoms with Crippen LogP contribution in [0.2, 0.25) is 0 Å². The molecular formula is C17H19FN2O. The zero-order valence-electron chi connectivity index (χ0n) is 12.2. The molecule has 0 aliphatic rings. The van der Waals surface area contributed by atoms with Crippen molar-refractivity contribution in [2.24, 2.45) is 0 Å². The van der Waals surface area contributed by atoms with Crippen molar-refractivity contribution in [3.05, 3.63) is 65.0 Å². The van der Waals surface area contributed by atoms with Crippen LogP contribution in [0.3, 0.4) is 0 Å². The quantitative estimate of drug-likeness (QED) is 0.883. The van der Waals surface area contributed by atoms with Gasteiger partial charge in [-0.2, -0.15) is 0 Å². The third kappa shape index (κ3) is 4.05. The van der Waals surface area contributed by atoms with Crippen molar-refractivity contribution in [1.82, 2.24) is 5.32 Å². The normalized spacial score (nSPS) is 10.2. The van der Waals surface area contributed by atoms with Crippen LogP contribution in [0.25, 0.3) is 0 Å². The molecule has 3 nitrogen and oxygen atoms in total. The van der Waals surface area contributed by atoms with Crippen LogP contribution in [0, 0.1) is 12.7 Å². The molecule has 0 spiro atoms. The van der Waals surface area contributed by atoms with E-state index in [1.165, 1.54) is 12.1 Å². The minimum atomic E-state index is -0.232. The highest BCUT2D eigenvalue weighted by Gasteiger charge is 2.04. The Kier molecular flexibility index (Phi) is 4.93. The zero-order valence-corrected chi connectivity index (χ0v) is 12.2. The largest absolute Gasteiger partial charge is 0.381 e. The Labute approximate surface area is 124 Å². The number of rotatable bonds is 5. The molecule has 0 fully saturated rings. The Hall–Kier alpha value is -2.36. The van der Waals surface area contributed by atoms with Crippen LogP contribution in [0.1, 0.15) is 28.4 Å². The number of aryl methyl sites for hydroxylation is 1. The third-order valence-electron chi connectivity index (χ3n) is 3.28. The van der Waals surface area contributed by atoms with E-state index in [1.54, 1.807) is 18.2 Å². The summed E-state index contributed by atoms with van der Waals surface area (Å²) in [5.41, 5.74) is 3.49. The van der Waals surface area contributed by atoms with Gasteiger partial charge in [-0.1, -0.05) is 6.07 Å². The highest BCUT2D eigenvalue weighted by molar-refractivity contribution is 5.94. The summed E-state index contributed by atoms with van der Waals surface area (Å²) in [5, 5.41) is 5.98. The first-order valence-electron chi connectivity index (χ1n) is 6.97. The molecule has 0 saturated heterocycles. The van der Waals surface area contributed by atoms with Gasteiger partial charge in [0.25, 0.3) is 5.91 Å². The van der Waals surface area contributed by atoms with Crippen LogP contribution in [0.4, 0.5) is 10.1 Å². The number of carbonyl (C=O) groups is 1. The molecule has 0 unspecified atom stereocenters. The van der Waals surface area contributed by atoms with Crippen molar-refractivity contribution in [3.63, 3.8) is 0 Å². The third-order valence-corrected chi connectivity index (χ3v) is 3.28. The number of benzene rings is 2. The van der Waals surface area contributed by atoms with Gasteiger partial charge < -0.3 is 10.6 Å². The number of nitrogens with one attached hydrogen (secondary N) is 2. The molecule has 0 heterocycles. The van der Waals surface area contributed by atoms with Gasteiger partial charge in [-0.25, -0.2) is 4.39 Å². The van der Waals surface area contributed by atoms with E-state index >= 15 is 0 Å². The van der Waals surface area contributed by atoms with E-state index in [1.807, 2.05) is 26.0 Å². The van der Waals surface area contributed by atoms with Crippen molar-refractivity contribution < 1.29 is 9.18 Å². The van der Waals surface area contributed by atoms with Gasteiger partial charge in [-0.3, -0.25) is 4.79 Å². The molecule has 2 aromatic rings. The molecule has 2 aromatic carbocycles. The number of anilines is 1. The molecule has 1 amide bonds. The summed E-state index contributed by atoms with van der Waals surface area (Å²) in [6.07, 6.45) is 0. The first kappa shape index (κ1) is 15.0. The molecular weight excluding hydrogens is 267 g/mol. The van der Waals surface area contributed by atoms with E-state index in [2.05, 4.69) is 10.6 Å². The van der Waals surface area contributed by atoms with Gasteiger partial charge in [0.1, 0.15) is 5.82 Å². The van der Waals surface area contributed by atoms with Gasteiger partial charge in [0.05, 0.1) is 0 Å². The van der Waals surface area contributed by atoms with Crippen LogP contribution in [0.15, 0.2) is 42.5 Å². The Balaban J connectivity index is 2.00. The predicted molar refractivity (Wildman–Crippen MR) is 82.9 cm³/mol. The molecule has 21 heavy (non-hydrogen) atoms.